The van der Waals surface area contributed by atoms with Crippen molar-refractivity contribution in [3.05, 3.63) is 30.6 Å². The summed E-state index contributed by atoms with van der Waals surface area (Å²) < 4.78 is 5.14. The average molecular weight is 155 g/mol. The van der Waals surface area contributed by atoms with Gasteiger partial charge in [0, 0.05) is 11.7 Å². The van der Waals surface area contributed by atoms with Gasteiger partial charge in [-0.05, 0) is 18.4 Å². The van der Waals surface area contributed by atoms with Gasteiger partial charge in [-0.3, -0.25) is 0 Å². The Bertz CT molecular complexity index is 169. The van der Waals surface area contributed by atoms with Crippen LogP contribution in [-0.4, -0.2) is 11.5 Å². The van der Waals surface area contributed by atoms with Crippen molar-refractivity contribution < 1.29 is 4.42 Å². The van der Waals surface area contributed by atoms with Crippen LogP contribution in [0.1, 0.15) is 12.7 Å². The van der Waals surface area contributed by atoms with Crippen molar-refractivity contribution in [1.29, 1.82) is 0 Å². The molecule has 1 aromatic rings. The molecule has 0 aromatic carbocycles. The van der Waals surface area contributed by atoms with Crippen molar-refractivity contribution in [3.63, 3.8) is 0 Å². The summed E-state index contributed by atoms with van der Waals surface area (Å²) in [6.07, 6.45) is 5.88. The Morgan fingerprint density at radius 3 is 3.00 bits per heavy atom. The van der Waals surface area contributed by atoms with E-state index in [1.165, 1.54) is 0 Å². The fraction of sp³-hybridized carbons (Fsp3) is 0.375. The molecule has 2 heteroatoms. The van der Waals surface area contributed by atoms with Gasteiger partial charge >= 0.3 is 0 Å². The van der Waals surface area contributed by atoms with Crippen LogP contribution < -0.4 is 0 Å². The zero-order valence-electron chi connectivity index (χ0n) is 6.20. The maximum atomic E-state index is 5.14. The molecule has 0 saturated heterocycles. The molecule has 0 amide bonds. The van der Waals surface area contributed by atoms with Gasteiger partial charge in [-0.1, -0.05) is 6.92 Å². The molecule has 0 aliphatic carbocycles. The molecule has 1 radical (unpaired) electrons. The Balaban J connectivity index is 2.40. The van der Waals surface area contributed by atoms with Gasteiger partial charge in [-0.15, -0.1) is 0 Å². The average Bonchev–Trinajstić information content (AvgIpc) is 2.40. The largest absolute Gasteiger partial charge is 0.469 e. The molecule has 0 bridgehead atoms. The van der Waals surface area contributed by atoms with Crippen LogP contribution in [0, 0.1) is 6.42 Å². The zero-order valence-corrected chi connectivity index (χ0v) is 7.02. The van der Waals surface area contributed by atoms with Crippen molar-refractivity contribution in [1.82, 2.24) is 0 Å². The lowest BCUT2D eigenvalue weighted by Gasteiger charge is -2.02. The van der Waals surface area contributed by atoms with Gasteiger partial charge < -0.3 is 4.42 Å². The monoisotopic (exact) mass is 155 g/mol. The highest BCUT2D eigenvalue weighted by Gasteiger charge is 2.02. The van der Waals surface area contributed by atoms with Crippen LogP contribution in [0.15, 0.2) is 22.8 Å². The van der Waals surface area contributed by atoms with Gasteiger partial charge in [0.15, 0.2) is 0 Å². The fourth-order valence-electron chi connectivity index (χ4n) is 0.685. The Morgan fingerprint density at radius 1 is 1.70 bits per heavy atom. The van der Waals surface area contributed by atoms with Gasteiger partial charge in [-0.25, -0.2) is 0 Å². The Kier molecular flexibility index (Phi) is 2.87. The molecule has 1 heterocycles. The van der Waals surface area contributed by atoms with Crippen molar-refractivity contribution >= 4 is 11.8 Å². The standard InChI is InChI=1S/C8H11OS/c1-7(10-2)6-8-4-3-5-9-8/h3-7H,1-2H3. The molecule has 1 aromatic heterocycles. The predicted molar refractivity (Wildman–Crippen MR) is 45.1 cm³/mol. The Hall–Kier alpha value is -0.370. The van der Waals surface area contributed by atoms with E-state index in [9.17, 15) is 0 Å². The van der Waals surface area contributed by atoms with Gasteiger partial charge in [-0.2, -0.15) is 11.8 Å². The minimum absolute atomic E-state index is 0.533. The highest BCUT2D eigenvalue weighted by atomic mass is 32.2. The van der Waals surface area contributed by atoms with E-state index in [1.54, 1.807) is 6.26 Å². The van der Waals surface area contributed by atoms with E-state index in [2.05, 4.69) is 19.6 Å². The van der Waals surface area contributed by atoms with Crippen molar-refractivity contribution in [2.45, 2.75) is 12.2 Å². The number of hydrogen-bond acceptors (Lipinski definition) is 2. The summed E-state index contributed by atoms with van der Waals surface area (Å²) in [6.45, 7) is 2.15. The number of rotatable bonds is 3. The molecule has 1 nitrogen and oxygen atoms in total. The van der Waals surface area contributed by atoms with Crippen LogP contribution in [0.2, 0.25) is 0 Å². The molecule has 0 fully saturated rings. The Morgan fingerprint density at radius 2 is 2.50 bits per heavy atom. The molecular weight excluding hydrogens is 144 g/mol. The summed E-state index contributed by atoms with van der Waals surface area (Å²) in [6, 6.07) is 3.87. The van der Waals surface area contributed by atoms with E-state index in [1.807, 2.05) is 23.9 Å². The first-order chi connectivity index (χ1) is 4.83. The lowest BCUT2D eigenvalue weighted by Crippen LogP contribution is -1.95. The second-order valence-corrected chi connectivity index (χ2v) is 3.34. The van der Waals surface area contributed by atoms with Crippen molar-refractivity contribution in [2.75, 3.05) is 6.26 Å². The smallest absolute Gasteiger partial charge is 0.108 e. The maximum Gasteiger partial charge on any atom is 0.108 e. The SMILES string of the molecule is CSC(C)[CH]c1ccco1. The second-order valence-electron chi connectivity index (χ2n) is 2.12. The third-order valence-electron chi connectivity index (χ3n) is 1.31. The van der Waals surface area contributed by atoms with Crippen LogP contribution >= 0.6 is 11.8 Å². The first-order valence-electron chi connectivity index (χ1n) is 3.24. The molecule has 0 aliphatic heterocycles. The van der Waals surface area contributed by atoms with Crippen molar-refractivity contribution in [2.24, 2.45) is 0 Å². The highest BCUT2D eigenvalue weighted by Crippen LogP contribution is 2.14. The third kappa shape index (κ3) is 2.10. The summed E-state index contributed by atoms with van der Waals surface area (Å²) in [5.74, 6) is 0.960. The minimum Gasteiger partial charge on any atom is -0.469 e. The molecule has 1 rings (SSSR count). The summed E-state index contributed by atoms with van der Waals surface area (Å²) in [5.41, 5.74) is 0. The number of furan rings is 1. The second kappa shape index (κ2) is 3.71. The topological polar surface area (TPSA) is 13.1 Å². The van der Waals surface area contributed by atoms with E-state index < -0.39 is 0 Å². The van der Waals surface area contributed by atoms with Gasteiger partial charge in [0.25, 0.3) is 0 Å². The van der Waals surface area contributed by atoms with Crippen LogP contribution in [-0.2, 0) is 0 Å². The highest BCUT2D eigenvalue weighted by molar-refractivity contribution is 7.99. The molecule has 0 aliphatic rings. The van der Waals surface area contributed by atoms with E-state index in [0.717, 1.165) is 5.76 Å². The van der Waals surface area contributed by atoms with Gasteiger partial charge in [0.05, 0.1) is 6.26 Å². The third-order valence-corrected chi connectivity index (χ3v) is 2.19. The number of thioether (sulfide) groups is 1. The quantitative estimate of drug-likeness (QED) is 0.665. The molecule has 10 heavy (non-hydrogen) atoms. The van der Waals surface area contributed by atoms with E-state index >= 15 is 0 Å². The maximum absolute atomic E-state index is 5.14. The van der Waals surface area contributed by atoms with Gasteiger partial charge in [0.1, 0.15) is 5.76 Å². The van der Waals surface area contributed by atoms with Gasteiger partial charge in [0.2, 0.25) is 0 Å². The van der Waals surface area contributed by atoms with Crippen molar-refractivity contribution in [3.8, 4) is 0 Å². The summed E-state index contributed by atoms with van der Waals surface area (Å²) >= 11 is 1.81. The molecule has 0 spiro atoms. The zero-order chi connectivity index (χ0) is 7.40. The summed E-state index contributed by atoms with van der Waals surface area (Å²) in [5, 5.41) is 0.533. The van der Waals surface area contributed by atoms with E-state index in [-0.39, 0.29) is 0 Å². The van der Waals surface area contributed by atoms with Crippen LogP contribution in [0.5, 0.6) is 0 Å². The molecular formula is C8H11OS. The van der Waals surface area contributed by atoms with Crippen LogP contribution in [0.25, 0.3) is 0 Å². The normalized spacial score (nSPS) is 13.4. The first-order valence-corrected chi connectivity index (χ1v) is 4.53. The molecule has 1 atom stereocenters. The Labute approximate surface area is 65.8 Å². The van der Waals surface area contributed by atoms with Crippen LogP contribution in [0.4, 0.5) is 0 Å². The van der Waals surface area contributed by atoms with E-state index in [4.69, 9.17) is 4.42 Å². The predicted octanol–water partition coefficient (Wildman–Crippen LogP) is 2.58. The molecule has 55 valence electrons. The fourth-order valence-corrected chi connectivity index (χ4v) is 0.956. The lowest BCUT2D eigenvalue weighted by atomic mass is 10.3. The number of hydrogen-bond donors (Lipinski definition) is 0. The van der Waals surface area contributed by atoms with E-state index in [0.29, 0.717) is 5.25 Å². The molecule has 0 saturated carbocycles. The lowest BCUT2D eigenvalue weighted by molar-refractivity contribution is 0.537. The first kappa shape index (κ1) is 7.73. The summed E-state index contributed by atoms with van der Waals surface area (Å²) in [7, 11) is 0. The van der Waals surface area contributed by atoms with Crippen LogP contribution in [0.3, 0.4) is 0 Å². The molecule has 1 unspecified atom stereocenters. The molecule has 0 N–H and O–H groups in total. The summed E-state index contributed by atoms with van der Waals surface area (Å²) in [4.78, 5) is 0. The minimum atomic E-state index is 0.533.